The molecule has 1 fully saturated rings. The van der Waals surface area contributed by atoms with Crippen LogP contribution in [0.25, 0.3) is 0 Å². The molecule has 1 saturated heterocycles. The minimum Gasteiger partial charge on any atom is -0.481 e. The molecule has 132 valence electrons. The van der Waals surface area contributed by atoms with Crippen molar-refractivity contribution < 1.29 is 19.8 Å². The van der Waals surface area contributed by atoms with Gasteiger partial charge in [-0.25, -0.2) is 0 Å². The zero-order valence-electron chi connectivity index (χ0n) is 13.9. The summed E-state index contributed by atoms with van der Waals surface area (Å²) in [7, 11) is 0. The van der Waals surface area contributed by atoms with Crippen LogP contribution in [0, 0.1) is 0 Å². The number of amides is 1. The van der Waals surface area contributed by atoms with Crippen molar-refractivity contribution in [1.82, 2.24) is 4.90 Å². The summed E-state index contributed by atoms with van der Waals surface area (Å²) in [5.41, 5.74) is 0. The van der Waals surface area contributed by atoms with Gasteiger partial charge in [0.2, 0.25) is 5.91 Å². The summed E-state index contributed by atoms with van der Waals surface area (Å²) >= 11 is 1.41. The molecule has 0 aromatic heterocycles. The number of hydrogen-bond acceptors (Lipinski definition) is 4. The van der Waals surface area contributed by atoms with Crippen LogP contribution in [0.4, 0.5) is 0 Å². The van der Waals surface area contributed by atoms with Crippen molar-refractivity contribution >= 4 is 23.6 Å². The van der Waals surface area contributed by atoms with Gasteiger partial charge in [-0.2, -0.15) is 11.8 Å². The SMILES string of the molecule is CCCCCC(O)/C=C/C1CC(=O)N1CCCCSCC(=O)O. The largest absolute Gasteiger partial charge is 0.481 e. The molecule has 23 heavy (non-hydrogen) atoms. The number of aliphatic hydroxyl groups excluding tert-OH is 1. The smallest absolute Gasteiger partial charge is 0.313 e. The van der Waals surface area contributed by atoms with Crippen molar-refractivity contribution in [3.8, 4) is 0 Å². The zero-order valence-corrected chi connectivity index (χ0v) is 14.8. The average molecular weight is 343 g/mol. The second-order valence-electron chi connectivity index (χ2n) is 5.96. The number of hydrogen-bond donors (Lipinski definition) is 2. The van der Waals surface area contributed by atoms with Crippen molar-refractivity contribution in [3.63, 3.8) is 0 Å². The first-order valence-corrected chi connectivity index (χ1v) is 9.65. The summed E-state index contributed by atoms with van der Waals surface area (Å²) in [5, 5.41) is 18.4. The van der Waals surface area contributed by atoms with Crippen LogP contribution in [0.5, 0.6) is 0 Å². The number of rotatable bonds is 13. The second-order valence-corrected chi connectivity index (χ2v) is 7.07. The summed E-state index contributed by atoms with van der Waals surface area (Å²) in [5.74, 6) is 0.337. The monoisotopic (exact) mass is 343 g/mol. The summed E-state index contributed by atoms with van der Waals surface area (Å²) in [6, 6.07) is 0.120. The van der Waals surface area contributed by atoms with Crippen molar-refractivity contribution in [2.75, 3.05) is 18.1 Å². The number of carboxylic acids is 1. The molecule has 0 aromatic carbocycles. The fraction of sp³-hybridized carbons (Fsp3) is 0.765. The van der Waals surface area contributed by atoms with Crippen LogP contribution in [0.1, 0.15) is 51.9 Å². The number of nitrogens with zero attached hydrogens (tertiary/aromatic N) is 1. The Kier molecular flexibility index (Phi) is 10.0. The van der Waals surface area contributed by atoms with Crippen molar-refractivity contribution in [1.29, 1.82) is 0 Å². The first kappa shape index (κ1) is 20.0. The molecule has 1 amide bonds. The van der Waals surface area contributed by atoms with Crippen molar-refractivity contribution in [2.45, 2.75) is 64.0 Å². The van der Waals surface area contributed by atoms with Gasteiger partial charge in [-0.3, -0.25) is 9.59 Å². The van der Waals surface area contributed by atoms with Gasteiger partial charge in [-0.15, -0.1) is 0 Å². The number of carbonyl (C=O) groups is 2. The Bertz CT molecular complexity index is 400. The van der Waals surface area contributed by atoms with Crippen LogP contribution in [0.2, 0.25) is 0 Å². The first-order chi connectivity index (χ1) is 11.0. The number of likely N-dealkylation sites (tertiary alicyclic amines) is 1. The summed E-state index contributed by atoms with van der Waals surface area (Å²) < 4.78 is 0. The molecule has 0 bridgehead atoms. The van der Waals surface area contributed by atoms with E-state index in [1.54, 1.807) is 0 Å². The average Bonchev–Trinajstić information content (AvgIpc) is 2.50. The summed E-state index contributed by atoms with van der Waals surface area (Å²) in [6.45, 7) is 2.85. The van der Waals surface area contributed by atoms with Gasteiger partial charge in [-0.1, -0.05) is 38.3 Å². The van der Waals surface area contributed by atoms with Gasteiger partial charge < -0.3 is 15.1 Å². The lowest BCUT2D eigenvalue weighted by Crippen LogP contribution is -2.51. The Morgan fingerprint density at radius 3 is 2.83 bits per heavy atom. The molecular formula is C17H29NO4S. The van der Waals surface area contributed by atoms with Gasteiger partial charge in [0.05, 0.1) is 24.3 Å². The van der Waals surface area contributed by atoms with E-state index in [1.807, 2.05) is 17.1 Å². The Hall–Kier alpha value is -1.01. The van der Waals surface area contributed by atoms with Gasteiger partial charge in [-0.05, 0) is 25.0 Å². The topological polar surface area (TPSA) is 77.8 Å². The van der Waals surface area contributed by atoms with Crippen LogP contribution in [-0.4, -0.2) is 57.2 Å². The Labute approximate surface area is 143 Å². The number of carbonyl (C=O) groups excluding carboxylic acids is 1. The minimum atomic E-state index is -0.782. The zero-order chi connectivity index (χ0) is 17.1. The molecule has 0 radical (unpaired) electrons. The third kappa shape index (κ3) is 8.42. The fourth-order valence-corrected chi connectivity index (χ4v) is 3.27. The van der Waals surface area contributed by atoms with E-state index in [-0.39, 0.29) is 17.7 Å². The van der Waals surface area contributed by atoms with E-state index in [2.05, 4.69) is 6.92 Å². The molecule has 2 atom stereocenters. The van der Waals surface area contributed by atoms with E-state index in [0.29, 0.717) is 13.0 Å². The quantitative estimate of drug-likeness (QED) is 0.305. The maximum atomic E-state index is 11.7. The van der Waals surface area contributed by atoms with Crippen molar-refractivity contribution in [2.24, 2.45) is 0 Å². The first-order valence-electron chi connectivity index (χ1n) is 8.50. The number of carboxylic acid groups (broad SMARTS) is 1. The Morgan fingerprint density at radius 2 is 2.17 bits per heavy atom. The van der Waals surface area contributed by atoms with E-state index < -0.39 is 12.1 Å². The molecule has 5 nitrogen and oxygen atoms in total. The molecule has 2 N–H and O–H groups in total. The predicted octanol–water partition coefficient (Wildman–Crippen LogP) is 2.68. The molecule has 0 saturated carbocycles. The molecule has 1 aliphatic rings. The number of unbranched alkanes of at least 4 members (excludes halogenated alkanes) is 3. The maximum absolute atomic E-state index is 11.7. The molecule has 1 rings (SSSR count). The van der Waals surface area contributed by atoms with Gasteiger partial charge in [0, 0.05) is 6.54 Å². The summed E-state index contributed by atoms with van der Waals surface area (Å²) in [4.78, 5) is 23.9. The molecule has 0 aromatic rings. The Balaban J connectivity index is 2.17. The minimum absolute atomic E-state index is 0.120. The van der Waals surface area contributed by atoms with Gasteiger partial charge in [0.25, 0.3) is 0 Å². The molecule has 0 spiro atoms. The molecule has 1 heterocycles. The molecule has 0 aliphatic carbocycles. The van der Waals surface area contributed by atoms with E-state index in [1.165, 1.54) is 11.8 Å². The van der Waals surface area contributed by atoms with E-state index in [9.17, 15) is 14.7 Å². The number of aliphatic hydroxyl groups is 1. The molecule has 1 aliphatic heterocycles. The highest BCUT2D eigenvalue weighted by molar-refractivity contribution is 7.99. The van der Waals surface area contributed by atoms with Gasteiger partial charge in [0.1, 0.15) is 0 Å². The van der Waals surface area contributed by atoms with Crippen LogP contribution in [0.15, 0.2) is 12.2 Å². The highest BCUT2D eigenvalue weighted by Gasteiger charge is 2.33. The van der Waals surface area contributed by atoms with E-state index >= 15 is 0 Å². The molecule has 2 unspecified atom stereocenters. The number of β-lactam (4-membered cyclic amide) rings is 1. The lowest BCUT2D eigenvalue weighted by Gasteiger charge is -2.39. The van der Waals surface area contributed by atoms with E-state index in [0.717, 1.165) is 44.3 Å². The maximum Gasteiger partial charge on any atom is 0.313 e. The number of thioether (sulfide) groups is 1. The highest BCUT2D eigenvalue weighted by Crippen LogP contribution is 2.22. The lowest BCUT2D eigenvalue weighted by molar-refractivity contribution is -0.143. The van der Waals surface area contributed by atoms with Gasteiger partial charge >= 0.3 is 5.97 Å². The van der Waals surface area contributed by atoms with E-state index in [4.69, 9.17) is 5.11 Å². The fourth-order valence-electron chi connectivity index (χ4n) is 2.54. The van der Waals surface area contributed by atoms with Gasteiger partial charge in [0.15, 0.2) is 0 Å². The van der Waals surface area contributed by atoms with Crippen LogP contribution < -0.4 is 0 Å². The third-order valence-electron chi connectivity index (χ3n) is 3.93. The standard InChI is InChI=1S/C17H29NO4S/c1-2-3-4-7-15(19)9-8-14-12-16(20)18(14)10-5-6-11-23-13-17(21)22/h8-9,14-15,19H,2-7,10-13H2,1H3,(H,21,22)/b9-8+. The molecular weight excluding hydrogens is 314 g/mol. The predicted molar refractivity (Wildman–Crippen MR) is 93.6 cm³/mol. The lowest BCUT2D eigenvalue weighted by atomic mass is 9.99. The van der Waals surface area contributed by atoms with Crippen LogP contribution >= 0.6 is 11.8 Å². The van der Waals surface area contributed by atoms with Crippen LogP contribution in [-0.2, 0) is 9.59 Å². The summed E-state index contributed by atoms with van der Waals surface area (Å²) in [6.07, 6.45) is 9.80. The highest BCUT2D eigenvalue weighted by atomic mass is 32.2. The van der Waals surface area contributed by atoms with Crippen LogP contribution in [0.3, 0.4) is 0 Å². The second kappa shape index (κ2) is 11.5. The Morgan fingerprint density at radius 1 is 1.39 bits per heavy atom. The normalized spacial score (nSPS) is 19.1. The molecule has 6 heteroatoms. The third-order valence-corrected chi connectivity index (χ3v) is 4.95. The number of aliphatic carboxylic acids is 1. The van der Waals surface area contributed by atoms with Crippen molar-refractivity contribution in [3.05, 3.63) is 12.2 Å².